The van der Waals surface area contributed by atoms with Crippen LogP contribution in [0.1, 0.15) is 31.0 Å². The van der Waals surface area contributed by atoms with Gasteiger partial charge in [-0.1, -0.05) is 47.0 Å². The first-order chi connectivity index (χ1) is 12.3. The molecule has 2 rings (SSSR count). The Morgan fingerprint density at radius 2 is 1.77 bits per heavy atom. The summed E-state index contributed by atoms with van der Waals surface area (Å²) in [5.41, 5.74) is 2.02. The molecule has 0 saturated heterocycles. The molecule has 0 aliphatic rings. The van der Waals surface area contributed by atoms with Gasteiger partial charge in [0.1, 0.15) is 5.75 Å². The number of para-hydroxylation sites is 1. The van der Waals surface area contributed by atoms with Crippen LogP contribution in [0.2, 0.25) is 10.0 Å². The fourth-order valence-corrected chi connectivity index (χ4v) is 2.91. The van der Waals surface area contributed by atoms with E-state index >= 15 is 0 Å². The van der Waals surface area contributed by atoms with Gasteiger partial charge in [-0.15, -0.1) is 0 Å². The Bertz CT molecular complexity index is 804. The molecule has 5 nitrogen and oxygen atoms in total. The highest BCUT2D eigenvalue weighted by atomic mass is 35.5. The topological polar surface area (TPSA) is 67.4 Å². The molecule has 26 heavy (non-hydrogen) atoms. The maximum Gasteiger partial charge on any atom is 0.313 e. The molecule has 2 aromatic carbocycles. The van der Waals surface area contributed by atoms with Crippen molar-refractivity contribution in [2.75, 3.05) is 11.9 Å². The van der Waals surface area contributed by atoms with Crippen molar-refractivity contribution in [2.24, 2.45) is 0 Å². The molecule has 0 aliphatic heterocycles. The van der Waals surface area contributed by atoms with E-state index in [1.807, 2.05) is 32.0 Å². The summed E-state index contributed by atoms with van der Waals surface area (Å²) >= 11 is 12.0. The van der Waals surface area contributed by atoms with E-state index in [4.69, 9.17) is 27.9 Å². The number of carbonyl (C=O) groups excluding carboxylic acids is 2. The minimum atomic E-state index is -0.850. The summed E-state index contributed by atoms with van der Waals surface area (Å²) in [6, 6.07) is 10.1. The van der Waals surface area contributed by atoms with Crippen LogP contribution in [-0.2, 0) is 9.59 Å². The van der Waals surface area contributed by atoms with Gasteiger partial charge in [0, 0.05) is 5.56 Å². The quantitative estimate of drug-likeness (QED) is 0.732. The molecule has 0 spiro atoms. The standard InChI is InChI=1S/C19H20Cl2N2O3/c1-4-26-16-9-8-11(2)10-13(16)12(3)22-18(24)19(25)23-17-14(20)6-5-7-15(17)21/h5-10,12H,4H2,1-3H3,(H,22,24)(H,23,25). The Labute approximate surface area is 162 Å². The lowest BCUT2D eigenvalue weighted by Gasteiger charge is -2.18. The maximum atomic E-state index is 12.3. The van der Waals surface area contributed by atoms with E-state index in [-0.39, 0.29) is 15.7 Å². The molecule has 2 aromatic rings. The number of amides is 2. The molecular formula is C19H20Cl2N2O3. The first kappa shape index (κ1) is 20.1. The zero-order chi connectivity index (χ0) is 19.3. The van der Waals surface area contributed by atoms with Crippen LogP contribution in [0.15, 0.2) is 36.4 Å². The molecule has 0 bridgehead atoms. The van der Waals surface area contributed by atoms with Crippen LogP contribution in [0.5, 0.6) is 5.75 Å². The number of ether oxygens (including phenoxy) is 1. The van der Waals surface area contributed by atoms with Crippen molar-refractivity contribution < 1.29 is 14.3 Å². The Morgan fingerprint density at radius 1 is 1.12 bits per heavy atom. The second kappa shape index (κ2) is 8.92. The van der Waals surface area contributed by atoms with Crippen molar-refractivity contribution in [3.05, 3.63) is 57.6 Å². The summed E-state index contributed by atoms with van der Waals surface area (Å²) in [7, 11) is 0. The number of rotatable bonds is 5. The number of hydrogen-bond acceptors (Lipinski definition) is 3. The van der Waals surface area contributed by atoms with Gasteiger partial charge in [0.15, 0.2) is 0 Å². The molecule has 0 aliphatic carbocycles. The van der Waals surface area contributed by atoms with Crippen LogP contribution in [0, 0.1) is 6.92 Å². The largest absolute Gasteiger partial charge is 0.494 e. The third kappa shape index (κ3) is 4.90. The predicted octanol–water partition coefficient (Wildman–Crippen LogP) is 4.52. The Morgan fingerprint density at radius 3 is 2.38 bits per heavy atom. The second-order valence-corrected chi connectivity index (χ2v) is 6.53. The van der Waals surface area contributed by atoms with Gasteiger partial charge in [-0.2, -0.15) is 0 Å². The van der Waals surface area contributed by atoms with Gasteiger partial charge >= 0.3 is 11.8 Å². The third-order valence-corrected chi connectivity index (χ3v) is 4.32. The molecule has 0 fully saturated rings. The molecule has 0 heterocycles. The summed E-state index contributed by atoms with van der Waals surface area (Å²) < 4.78 is 5.60. The van der Waals surface area contributed by atoms with E-state index in [9.17, 15) is 9.59 Å². The van der Waals surface area contributed by atoms with Gasteiger partial charge in [-0.05, 0) is 39.0 Å². The lowest BCUT2D eigenvalue weighted by molar-refractivity contribution is -0.136. The number of halogens is 2. The van der Waals surface area contributed by atoms with Gasteiger partial charge in [-0.25, -0.2) is 0 Å². The van der Waals surface area contributed by atoms with Crippen LogP contribution >= 0.6 is 23.2 Å². The van der Waals surface area contributed by atoms with Crippen molar-refractivity contribution >= 4 is 40.7 Å². The molecule has 0 saturated carbocycles. The number of hydrogen-bond donors (Lipinski definition) is 2. The summed E-state index contributed by atoms with van der Waals surface area (Å²) in [5.74, 6) is -0.977. The van der Waals surface area contributed by atoms with E-state index in [1.54, 1.807) is 25.1 Å². The molecule has 0 aromatic heterocycles. The van der Waals surface area contributed by atoms with Crippen molar-refractivity contribution in [3.8, 4) is 5.75 Å². The van der Waals surface area contributed by atoms with Crippen molar-refractivity contribution in [2.45, 2.75) is 26.8 Å². The number of nitrogens with one attached hydrogen (secondary N) is 2. The Kier molecular flexibility index (Phi) is 6.89. The van der Waals surface area contributed by atoms with Crippen LogP contribution < -0.4 is 15.4 Å². The molecule has 0 radical (unpaired) electrons. The summed E-state index contributed by atoms with van der Waals surface area (Å²) in [4.78, 5) is 24.4. The fraction of sp³-hybridized carbons (Fsp3) is 0.263. The highest BCUT2D eigenvalue weighted by Gasteiger charge is 2.21. The molecule has 1 unspecified atom stereocenters. The van der Waals surface area contributed by atoms with Crippen LogP contribution in [0.4, 0.5) is 5.69 Å². The zero-order valence-electron chi connectivity index (χ0n) is 14.7. The smallest absolute Gasteiger partial charge is 0.313 e. The first-order valence-electron chi connectivity index (χ1n) is 8.12. The maximum absolute atomic E-state index is 12.3. The van der Waals surface area contributed by atoms with Crippen LogP contribution in [0.25, 0.3) is 0 Å². The first-order valence-corrected chi connectivity index (χ1v) is 8.88. The lowest BCUT2D eigenvalue weighted by atomic mass is 10.0. The predicted molar refractivity (Wildman–Crippen MR) is 104 cm³/mol. The normalized spacial score (nSPS) is 11.6. The average Bonchev–Trinajstić information content (AvgIpc) is 2.59. The second-order valence-electron chi connectivity index (χ2n) is 5.72. The van der Waals surface area contributed by atoms with Crippen molar-refractivity contribution in [1.29, 1.82) is 0 Å². The molecule has 2 N–H and O–H groups in total. The Hall–Kier alpha value is -2.24. The number of anilines is 1. The lowest BCUT2D eigenvalue weighted by Crippen LogP contribution is -2.37. The summed E-state index contributed by atoms with van der Waals surface area (Å²) in [6.45, 7) is 6.11. The number of benzene rings is 2. The van der Waals surface area contributed by atoms with E-state index in [0.29, 0.717) is 12.4 Å². The highest BCUT2D eigenvalue weighted by molar-refractivity contribution is 6.44. The summed E-state index contributed by atoms with van der Waals surface area (Å²) in [6.07, 6.45) is 0. The molecular weight excluding hydrogens is 375 g/mol. The van der Waals surface area contributed by atoms with Crippen molar-refractivity contribution in [1.82, 2.24) is 5.32 Å². The molecule has 2 amide bonds. The third-order valence-electron chi connectivity index (χ3n) is 3.69. The van der Waals surface area contributed by atoms with Gasteiger partial charge in [0.25, 0.3) is 0 Å². The minimum Gasteiger partial charge on any atom is -0.494 e. The number of aryl methyl sites for hydroxylation is 1. The Balaban J connectivity index is 2.12. The zero-order valence-corrected chi connectivity index (χ0v) is 16.2. The van der Waals surface area contributed by atoms with Gasteiger partial charge < -0.3 is 15.4 Å². The van der Waals surface area contributed by atoms with E-state index in [1.165, 1.54) is 0 Å². The number of carbonyl (C=O) groups is 2. The van der Waals surface area contributed by atoms with Crippen LogP contribution in [-0.4, -0.2) is 18.4 Å². The average molecular weight is 395 g/mol. The summed E-state index contributed by atoms with van der Waals surface area (Å²) in [5, 5.41) is 5.61. The highest BCUT2D eigenvalue weighted by Crippen LogP contribution is 2.30. The van der Waals surface area contributed by atoms with E-state index in [2.05, 4.69) is 10.6 Å². The molecule has 1 atom stereocenters. The molecule has 7 heteroatoms. The molecule has 138 valence electrons. The van der Waals surface area contributed by atoms with Crippen molar-refractivity contribution in [3.63, 3.8) is 0 Å². The van der Waals surface area contributed by atoms with Gasteiger partial charge in [0.05, 0.1) is 28.4 Å². The van der Waals surface area contributed by atoms with Gasteiger partial charge in [-0.3, -0.25) is 9.59 Å². The monoisotopic (exact) mass is 394 g/mol. The van der Waals surface area contributed by atoms with E-state index < -0.39 is 17.9 Å². The minimum absolute atomic E-state index is 0.203. The SMILES string of the molecule is CCOc1ccc(C)cc1C(C)NC(=O)C(=O)Nc1c(Cl)cccc1Cl. The van der Waals surface area contributed by atoms with Gasteiger partial charge in [0.2, 0.25) is 0 Å². The van der Waals surface area contributed by atoms with E-state index in [0.717, 1.165) is 11.1 Å². The van der Waals surface area contributed by atoms with Crippen LogP contribution in [0.3, 0.4) is 0 Å². The fourth-order valence-electron chi connectivity index (χ4n) is 2.42.